The molecule has 0 radical (unpaired) electrons. The Bertz CT molecular complexity index is 203. The predicted molar refractivity (Wildman–Crippen MR) is 58.0 cm³/mol. The molecular weight excluding hydrogens is 176 g/mol. The largest absolute Gasteiger partial charge is 0.338 e. The minimum Gasteiger partial charge on any atom is -0.338 e. The van der Waals surface area contributed by atoms with Crippen LogP contribution < -0.4 is 5.32 Å². The Morgan fingerprint density at radius 1 is 1.50 bits per heavy atom. The van der Waals surface area contributed by atoms with Gasteiger partial charge in [-0.15, -0.1) is 0 Å². The quantitative estimate of drug-likeness (QED) is 0.733. The highest BCUT2D eigenvalue weighted by Gasteiger charge is 2.33. The summed E-state index contributed by atoms with van der Waals surface area (Å²) in [6, 6.07) is 0.330. The number of nitrogens with one attached hydrogen (secondary N) is 1. The second-order valence-electron chi connectivity index (χ2n) is 4.66. The zero-order valence-electron chi connectivity index (χ0n) is 9.71. The van der Waals surface area contributed by atoms with Crippen molar-refractivity contribution in [1.82, 2.24) is 10.2 Å². The number of rotatable bonds is 4. The second kappa shape index (κ2) is 4.78. The van der Waals surface area contributed by atoms with E-state index < -0.39 is 0 Å². The van der Waals surface area contributed by atoms with Crippen molar-refractivity contribution in [3.8, 4) is 0 Å². The summed E-state index contributed by atoms with van der Waals surface area (Å²) in [6.45, 7) is 8.33. The highest BCUT2D eigenvalue weighted by Crippen LogP contribution is 2.25. The fourth-order valence-electron chi connectivity index (χ4n) is 2.04. The maximum absolute atomic E-state index is 11.7. The van der Waals surface area contributed by atoms with Gasteiger partial charge in [-0.2, -0.15) is 0 Å². The molecule has 0 aromatic carbocycles. The molecule has 14 heavy (non-hydrogen) atoms. The van der Waals surface area contributed by atoms with Crippen molar-refractivity contribution in [1.29, 1.82) is 0 Å². The maximum Gasteiger partial charge on any atom is 0.223 e. The molecule has 3 heteroatoms. The molecule has 2 atom stereocenters. The molecule has 1 amide bonds. The van der Waals surface area contributed by atoms with Crippen molar-refractivity contribution in [3.63, 3.8) is 0 Å². The molecule has 0 saturated carbocycles. The molecule has 0 spiro atoms. The van der Waals surface area contributed by atoms with Crippen LogP contribution in [0.5, 0.6) is 0 Å². The Morgan fingerprint density at radius 2 is 2.14 bits per heavy atom. The third-order valence-corrected chi connectivity index (χ3v) is 3.16. The van der Waals surface area contributed by atoms with Crippen molar-refractivity contribution >= 4 is 5.91 Å². The number of nitrogens with zero attached hydrogens (tertiary/aromatic N) is 1. The summed E-state index contributed by atoms with van der Waals surface area (Å²) in [5, 5.41) is 3.12. The van der Waals surface area contributed by atoms with Gasteiger partial charge < -0.3 is 10.2 Å². The minimum absolute atomic E-state index is 0.325. The fraction of sp³-hybridized carbons (Fsp3) is 0.909. The Morgan fingerprint density at radius 3 is 2.57 bits per heavy atom. The average Bonchev–Trinajstić information content (AvgIpc) is 2.48. The number of amides is 1. The van der Waals surface area contributed by atoms with Gasteiger partial charge in [0.2, 0.25) is 5.91 Å². The van der Waals surface area contributed by atoms with Crippen LogP contribution in [0.3, 0.4) is 0 Å². The molecule has 1 aliphatic rings. The van der Waals surface area contributed by atoms with Crippen molar-refractivity contribution in [3.05, 3.63) is 0 Å². The Kier molecular flexibility index (Phi) is 3.93. The van der Waals surface area contributed by atoms with E-state index in [0.717, 1.165) is 19.5 Å². The molecule has 0 aliphatic carbocycles. The smallest absolute Gasteiger partial charge is 0.223 e. The SMILES string of the molecule is CNCC(C)N1CC(C(C)C)CC1=O. The van der Waals surface area contributed by atoms with Crippen molar-refractivity contribution in [2.75, 3.05) is 20.1 Å². The Hall–Kier alpha value is -0.570. The van der Waals surface area contributed by atoms with E-state index in [1.807, 2.05) is 11.9 Å². The van der Waals surface area contributed by atoms with Crippen LogP contribution in [0, 0.1) is 11.8 Å². The Balaban J connectivity index is 2.52. The molecule has 2 unspecified atom stereocenters. The van der Waals surface area contributed by atoms with Gasteiger partial charge in [0, 0.05) is 25.6 Å². The van der Waals surface area contributed by atoms with E-state index in [1.165, 1.54) is 0 Å². The monoisotopic (exact) mass is 198 g/mol. The van der Waals surface area contributed by atoms with E-state index in [9.17, 15) is 4.79 Å². The van der Waals surface area contributed by atoms with Gasteiger partial charge in [0.05, 0.1) is 0 Å². The summed E-state index contributed by atoms with van der Waals surface area (Å²) >= 11 is 0. The molecule has 0 aromatic rings. The molecule has 1 rings (SSSR count). The summed E-state index contributed by atoms with van der Waals surface area (Å²) in [4.78, 5) is 13.7. The number of likely N-dealkylation sites (tertiary alicyclic amines) is 1. The zero-order chi connectivity index (χ0) is 10.7. The van der Waals surface area contributed by atoms with E-state index in [2.05, 4.69) is 26.1 Å². The zero-order valence-corrected chi connectivity index (χ0v) is 9.71. The molecule has 82 valence electrons. The summed E-state index contributed by atoms with van der Waals surface area (Å²) in [6.07, 6.45) is 0.742. The van der Waals surface area contributed by atoms with Gasteiger partial charge in [0.1, 0.15) is 0 Å². The number of carbonyl (C=O) groups excluding carboxylic acids is 1. The fourth-order valence-corrected chi connectivity index (χ4v) is 2.04. The summed E-state index contributed by atoms with van der Waals surface area (Å²) in [7, 11) is 1.93. The normalized spacial score (nSPS) is 24.8. The van der Waals surface area contributed by atoms with Gasteiger partial charge in [-0.1, -0.05) is 13.8 Å². The van der Waals surface area contributed by atoms with Crippen LogP contribution in [-0.2, 0) is 4.79 Å². The topological polar surface area (TPSA) is 32.3 Å². The van der Waals surface area contributed by atoms with Gasteiger partial charge in [0.25, 0.3) is 0 Å². The third-order valence-electron chi connectivity index (χ3n) is 3.16. The molecule has 0 bridgehead atoms. The molecule has 1 heterocycles. The predicted octanol–water partition coefficient (Wildman–Crippen LogP) is 1.10. The lowest BCUT2D eigenvalue weighted by Crippen LogP contribution is -2.40. The number of hydrogen-bond donors (Lipinski definition) is 1. The average molecular weight is 198 g/mol. The van der Waals surface area contributed by atoms with Crippen LogP contribution in [0.15, 0.2) is 0 Å². The molecule has 0 aromatic heterocycles. The number of hydrogen-bond acceptors (Lipinski definition) is 2. The van der Waals surface area contributed by atoms with Gasteiger partial charge in [-0.25, -0.2) is 0 Å². The number of carbonyl (C=O) groups is 1. The lowest BCUT2D eigenvalue weighted by atomic mass is 9.95. The molecular formula is C11H22N2O. The van der Waals surface area contributed by atoms with Crippen molar-refractivity contribution < 1.29 is 4.79 Å². The van der Waals surface area contributed by atoms with Crippen LogP contribution in [0.2, 0.25) is 0 Å². The maximum atomic E-state index is 11.7. The van der Waals surface area contributed by atoms with Crippen LogP contribution in [0.1, 0.15) is 27.2 Å². The van der Waals surface area contributed by atoms with E-state index in [-0.39, 0.29) is 0 Å². The van der Waals surface area contributed by atoms with E-state index in [1.54, 1.807) is 0 Å². The lowest BCUT2D eigenvalue weighted by molar-refractivity contribution is -0.129. The van der Waals surface area contributed by atoms with Crippen LogP contribution in [0.4, 0.5) is 0 Å². The van der Waals surface area contributed by atoms with E-state index >= 15 is 0 Å². The van der Waals surface area contributed by atoms with Gasteiger partial charge in [-0.05, 0) is 25.8 Å². The summed E-state index contributed by atoms with van der Waals surface area (Å²) in [5.41, 5.74) is 0. The first-order valence-electron chi connectivity index (χ1n) is 5.50. The van der Waals surface area contributed by atoms with Crippen molar-refractivity contribution in [2.45, 2.75) is 33.2 Å². The molecule has 1 saturated heterocycles. The standard InChI is InChI=1S/C11H22N2O/c1-8(2)10-5-11(14)13(7-10)9(3)6-12-4/h8-10,12H,5-7H2,1-4H3. The van der Waals surface area contributed by atoms with Gasteiger partial charge >= 0.3 is 0 Å². The first-order chi connectivity index (χ1) is 6.56. The van der Waals surface area contributed by atoms with Crippen molar-refractivity contribution in [2.24, 2.45) is 11.8 Å². The highest BCUT2D eigenvalue weighted by atomic mass is 16.2. The third kappa shape index (κ3) is 2.47. The van der Waals surface area contributed by atoms with E-state index in [0.29, 0.717) is 23.8 Å². The van der Waals surface area contributed by atoms with Gasteiger partial charge in [0.15, 0.2) is 0 Å². The van der Waals surface area contributed by atoms with Crippen LogP contribution in [-0.4, -0.2) is 37.0 Å². The summed E-state index contributed by atoms with van der Waals surface area (Å²) < 4.78 is 0. The minimum atomic E-state index is 0.325. The number of likely N-dealkylation sites (N-methyl/N-ethyl adjacent to an activating group) is 1. The second-order valence-corrected chi connectivity index (χ2v) is 4.66. The van der Waals surface area contributed by atoms with Gasteiger partial charge in [-0.3, -0.25) is 4.79 Å². The first-order valence-corrected chi connectivity index (χ1v) is 5.50. The lowest BCUT2D eigenvalue weighted by Gasteiger charge is -2.25. The summed E-state index contributed by atoms with van der Waals surface area (Å²) in [5.74, 6) is 1.50. The molecule has 3 nitrogen and oxygen atoms in total. The van der Waals surface area contributed by atoms with Crippen LogP contribution >= 0.6 is 0 Å². The molecule has 1 aliphatic heterocycles. The van der Waals surface area contributed by atoms with Crippen LogP contribution in [0.25, 0.3) is 0 Å². The Labute approximate surface area is 86.9 Å². The molecule has 1 fully saturated rings. The molecule has 1 N–H and O–H groups in total. The van der Waals surface area contributed by atoms with E-state index in [4.69, 9.17) is 0 Å². The highest BCUT2D eigenvalue weighted by molar-refractivity contribution is 5.79. The first kappa shape index (κ1) is 11.5.